The quantitative estimate of drug-likeness (QED) is 0.599. The Morgan fingerprint density at radius 2 is 2.11 bits per heavy atom. The zero-order chi connectivity index (χ0) is 13.5. The summed E-state index contributed by atoms with van der Waals surface area (Å²) >= 11 is 0. The van der Waals surface area contributed by atoms with Crippen LogP contribution in [0.15, 0.2) is 18.2 Å². The number of hydrogen-bond donors (Lipinski definition) is 2. The molecule has 1 amide bonds. The van der Waals surface area contributed by atoms with Crippen LogP contribution in [0.25, 0.3) is 0 Å². The van der Waals surface area contributed by atoms with Crippen molar-refractivity contribution in [3.05, 3.63) is 29.3 Å². The first kappa shape index (κ1) is 14.6. The summed E-state index contributed by atoms with van der Waals surface area (Å²) in [5.74, 6) is -0.0364. The first-order valence-electron chi connectivity index (χ1n) is 6.71. The molecule has 1 aromatic carbocycles. The molecule has 0 saturated carbocycles. The monoisotopic (exact) mass is 248 g/mol. The lowest BCUT2D eigenvalue weighted by atomic mass is 10.1. The summed E-state index contributed by atoms with van der Waals surface area (Å²) in [7, 11) is 0. The number of nitrogen functional groups attached to an aromatic ring is 1. The van der Waals surface area contributed by atoms with E-state index in [9.17, 15) is 4.79 Å². The number of nitrogens with one attached hydrogen (secondary N) is 1. The topological polar surface area (TPSA) is 55.1 Å². The largest absolute Gasteiger partial charge is 0.398 e. The molecule has 0 aliphatic rings. The van der Waals surface area contributed by atoms with Gasteiger partial charge in [-0.25, -0.2) is 0 Å². The van der Waals surface area contributed by atoms with Crippen LogP contribution >= 0.6 is 0 Å². The molecule has 0 heterocycles. The lowest BCUT2D eigenvalue weighted by Crippen LogP contribution is -2.32. The van der Waals surface area contributed by atoms with Crippen molar-refractivity contribution in [2.75, 3.05) is 5.73 Å². The third kappa shape index (κ3) is 4.40. The van der Waals surface area contributed by atoms with Gasteiger partial charge in [-0.1, -0.05) is 32.3 Å². The van der Waals surface area contributed by atoms with Crippen molar-refractivity contribution in [2.45, 2.75) is 52.5 Å². The molecular formula is C15H24N2O. The normalized spacial score (nSPS) is 12.2. The second-order valence-corrected chi connectivity index (χ2v) is 4.94. The van der Waals surface area contributed by atoms with E-state index in [0.29, 0.717) is 11.3 Å². The average molecular weight is 248 g/mol. The number of rotatable bonds is 6. The van der Waals surface area contributed by atoms with Crippen LogP contribution in [-0.4, -0.2) is 11.9 Å². The van der Waals surface area contributed by atoms with Crippen molar-refractivity contribution >= 4 is 11.6 Å². The number of anilines is 1. The van der Waals surface area contributed by atoms with Gasteiger partial charge in [-0.15, -0.1) is 0 Å². The molecule has 0 aliphatic carbocycles. The maximum Gasteiger partial charge on any atom is 0.251 e. The van der Waals surface area contributed by atoms with Crippen LogP contribution in [0.1, 0.15) is 55.5 Å². The van der Waals surface area contributed by atoms with Gasteiger partial charge in [0, 0.05) is 17.3 Å². The van der Waals surface area contributed by atoms with E-state index in [0.717, 1.165) is 18.4 Å². The summed E-state index contributed by atoms with van der Waals surface area (Å²) in [5, 5.41) is 3.01. The predicted octanol–water partition coefficient (Wildman–Crippen LogP) is 3.28. The van der Waals surface area contributed by atoms with Gasteiger partial charge in [-0.2, -0.15) is 0 Å². The molecule has 3 nitrogen and oxygen atoms in total. The molecule has 0 bridgehead atoms. The Morgan fingerprint density at radius 3 is 2.72 bits per heavy atom. The van der Waals surface area contributed by atoms with Crippen LogP contribution in [0.5, 0.6) is 0 Å². The fourth-order valence-electron chi connectivity index (χ4n) is 1.86. The SMILES string of the molecule is CCCCCC(C)NC(=O)c1ccc(C)c(N)c1. The molecule has 1 aromatic rings. The Morgan fingerprint density at radius 1 is 1.39 bits per heavy atom. The Balaban J connectivity index is 2.51. The van der Waals surface area contributed by atoms with Gasteiger partial charge in [-0.3, -0.25) is 4.79 Å². The van der Waals surface area contributed by atoms with E-state index in [-0.39, 0.29) is 11.9 Å². The smallest absolute Gasteiger partial charge is 0.251 e. The minimum absolute atomic E-state index is 0.0364. The number of hydrogen-bond acceptors (Lipinski definition) is 2. The molecule has 0 radical (unpaired) electrons. The highest BCUT2D eigenvalue weighted by atomic mass is 16.1. The Kier molecular flexibility index (Phi) is 5.69. The number of unbranched alkanes of at least 4 members (excludes halogenated alkanes) is 2. The van der Waals surface area contributed by atoms with Crippen molar-refractivity contribution in [1.29, 1.82) is 0 Å². The van der Waals surface area contributed by atoms with E-state index in [1.54, 1.807) is 6.07 Å². The van der Waals surface area contributed by atoms with Gasteiger partial charge < -0.3 is 11.1 Å². The first-order chi connectivity index (χ1) is 8.54. The van der Waals surface area contributed by atoms with Gasteiger partial charge in [0.2, 0.25) is 0 Å². The summed E-state index contributed by atoms with van der Waals surface area (Å²) in [5.41, 5.74) is 8.12. The van der Waals surface area contributed by atoms with Crippen LogP contribution < -0.4 is 11.1 Å². The molecule has 3 N–H and O–H groups in total. The number of carbonyl (C=O) groups excluding carboxylic acids is 1. The third-order valence-corrected chi connectivity index (χ3v) is 3.16. The summed E-state index contributed by atoms with van der Waals surface area (Å²) in [6.07, 6.45) is 4.61. The number of nitrogens with two attached hydrogens (primary N) is 1. The zero-order valence-electron chi connectivity index (χ0n) is 11.6. The molecule has 0 aliphatic heterocycles. The lowest BCUT2D eigenvalue weighted by molar-refractivity contribution is 0.0938. The molecular weight excluding hydrogens is 224 g/mol. The Labute approximate surface area is 110 Å². The van der Waals surface area contributed by atoms with E-state index in [1.165, 1.54) is 12.8 Å². The van der Waals surface area contributed by atoms with Crippen molar-refractivity contribution in [3.8, 4) is 0 Å². The van der Waals surface area contributed by atoms with E-state index in [1.807, 2.05) is 26.0 Å². The summed E-state index contributed by atoms with van der Waals surface area (Å²) in [6.45, 7) is 6.16. The number of benzene rings is 1. The number of carbonyl (C=O) groups is 1. The highest BCUT2D eigenvalue weighted by molar-refractivity contribution is 5.95. The fourth-order valence-corrected chi connectivity index (χ4v) is 1.86. The van der Waals surface area contributed by atoms with Gasteiger partial charge >= 0.3 is 0 Å². The molecule has 1 atom stereocenters. The van der Waals surface area contributed by atoms with Crippen molar-refractivity contribution in [2.24, 2.45) is 0 Å². The van der Waals surface area contributed by atoms with Crippen molar-refractivity contribution in [3.63, 3.8) is 0 Å². The molecule has 0 spiro atoms. The van der Waals surface area contributed by atoms with Crippen LogP contribution in [0.2, 0.25) is 0 Å². The van der Waals surface area contributed by atoms with Crippen LogP contribution in [-0.2, 0) is 0 Å². The minimum Gasteiger partial charge on any atom is -0.398 e. The maximum atomic E-state index is 12.0. The second-order valence-electron chi connectivity index (χ2n) is 4.94. The fraction of sp³-hybridized carbons (Fsp3) is 0.533. The zero-order valence-corrected chi connectivity index (χ0v) is 11.6. The lowest BCUT2D eigenvalue weighted by Gasteiger charge is -2.14. The molecule has 100 valence electrons. The van der Waals surface area contributed by atoms with E-state index < -0.39 is 0 Å². The predicted molar refractivity (Wildman–Crippen MR) is 76.7 cm³/mol. The van der Waals surface area contributed by atoms with Crippen LogP contribution in [0, 0.1) is 6.92 Å². The highest BCUT2D eigenvalue weighted by Crippen LogP contribution is 2.13. The standard InChI is InChI=1S/C15H24N2O/c1-4-5-6-7-12(3)17-15(18)13-9-8-11(2)14(16)10-13/h8-10,12H,4-7,16H2,1-3H3,(H,17,18). The van der Waals surface area contributed by atoms with E-state index in [4.69, 9.17) is 5.73 Å². The molecule has 0 fully saturated rings. The molecule has 18 heavy (non-hydrogen) atoms. The Hall–Kier alpha value is -1.51. The third-order valence-electron chi connectivity index (χ3n) is 3.16. The van der Waals surface area contributed by atoms with Crippen LogP contribution in [0.4, 0.5) is 5.69 Å². The van der Waals surface area contributed by atoms with Gasteiger partial charge in [-0.05, 0) is 38.0 Å². The average Bonchev–Trinajstić information content (AvgIpc) is 2.33. The summed E-state index contributed by atoms with van der Waals surface area (Å²) < 4.78 is 0. The minimum atomic E-state index is -0.0364. The molecule has 3 heteroatoms. The maximum absolute atomic E-state index is 12.0. The summed E-state index contributed by atoms with van der Waals surface area (Å²) in [4.78, 5) is 12.0. The van der Waals surface area contributed by atoms with E-state index >= 15 is 0 Å². The van der Waals surface area contributed by atoms with Gasteiger partial charge in [0.05, 0.1) is 0 Å². The highest BCUT2D eigenvalue weighted by Gasteiger charge is 2.10. The summed E-state index contributed by atoms with van der Waals surface area (Å²) in [6, 6.07) is 5.65. The molecule has 0 saturated heterocycles. The number of aryl methyl sites for hydroxylation is 1. The van der Waals surface area contributed by atoms with Crippen molar-refractivity contribution in [1.82, 2.24) is 5.32 Å². The first-order valence-corrected chi connectivity index (χ1v) is 6.71. The van der Waals surface area contributed by atoms with Gasteiger partial charge in [0.1, 0.15) is 0 Å². The Bertz CT molecular complexity index is 401. The number of amides is 1. The van der Waals surface area contributed by atoms with E-state index in [2.05, 4.69) is 12.2 Å². The molecule has 1 rings (SSSR count). The van der Waals surface area contributed by atoms with Gasteiger partial charge in [0.25, 0.3) is 5.91 Å². The molecule has 0 aromatic heterocycles. The second kappa shape index (κ2) is 7.04. The van der Waals surface area contributed by atoms with Crippen LogP contribution in [0.3, 0.4) is 0 Å². The molecule has 1 unspecified atom stereocenters. The van der Waals surface area contributed by atoms with Gasteiger partial charge in [0.15, 0.2) is 0 Å². The van der Waals surface area contributed by atoms with Crippen molar-refractivity contribution < 1.29 is 4.79 Å².